The molecule has 0 bridgehead atoms. The fourth-order valence-corrected chi connectivity index (χ4v) is 3.27. The standard InChI is InChI=1S/C9H13N.C7H17N.2C6H15N.C4H12N2.C4H11N/c10-8-4-7-9-5-2-1-3-6-9;1-7(2)5-3-4-6-8;2*1-2-3-4-5-6-7;1-6-4-2-3-5;1-2-3-4-5/h1-3,5-6H,4,7-8,10H2;7H,3-6,8H2,1-2H3;2*2-7H2,1H3;6H,2-5H2,1H3;2-5H2,1H3. The molecule has 7 heteroatoms. The van der Waals surface area contributed by atoms with Gasteiger partial charge in [-0.25, -0.2) is 0 Å². The molecule has 0 aliphatic rings. The third-order valence-electron chi connectivity index (χ3n) is 6.05. The topological polar surface area (TPSA) is 168 Å². The molecule has 1 aromatic rings. The summed E-state index contributed by atoms with van der Waals surface area (Å²) < 4.78 is 0. The SMILES string of the molecule is CC(C)CCCCN.CCCCCCN.CCCCCCN.CCCCN.CNCCCN.NCCCc1ccccc1. The summed E-state index contributed by atoms with van der Waals surface area (Å²) in [7, 11) is 1.93. The van der Waals surface area contributed by atoms with Crippen LogP contribution in [-0.2, 0) is 6.42 Å². The number of nitrogens with two attached hydrogens (primary N) is 6. The number of benzene rings is 1. The van der Waals surface area contributed by atoms with Crippen molar-refractivity contribution >= 4 is 0 Å². The Morgan fingerprint density at radius 2 is 0.930 bits per heavy atom. The number of hydrogen-bond acceptors (Lipinski definition) is 7. The van der Waals surface area contributed by atoms with Crippen LogP contribution in [0, 0.1) is 5.92 Å². The van der Waals surface area contributed by atoms with E-state index in [2.05, 4.69) is 64.2 Å². The molecular weight excluding hydrogens is 530 g/mol. The molecule has 0 saturated heterocycles. The van der Waals surface area contributed by atoms with Crippen LogP contribution in [0.4, 0.5) is 0 Å². The van der Waals surface area contributed by atoms with E-state index in [1.54, 1.807) is 0 Å². The van der Waals surface area contributed by atoms with Gasteiger partial charge >= 0.3 is 0 Å². The average molecular weight is 614 g/mol. The number of rotatable bonds is 20. The molecule has 0 heterocycles. The second kappa shape index (κ2) is 56.7. The predicted octanol–water partition coefficient (Wildman–Crippen LogP) is 6.70. The molecule has 0 atom stereocenters. The Hall–Kier alpha value is -1.06. The van der Waals surface area contributed by atoms with Crippen molar-refractivity contribution in [2.45, 2.75) is 137 Å². The maximum Gasteiger partial charge on any atom is -0.00399 e. The van der Waals surface area contributed by atoms with Crippen LogP contribution >= 0.6 is 0 Å². The van der Waals surface area contributed by atoms with Crippen molar-refractivity contribution in [3.8, 4) is 0 Å². The van der Waals surface area contributed by atoms with Gasteiger partial charge in [0.05, 0.1) is 0 Å². The van der Waals surface area contributed by atoms with Crippen molar-refractivity contribution in [1.82, 2.24) is 5.32 Å². The smallest absolute Gasteiger partial charge is 0.00399 e. The van der Waals surface area contributed by atoms with Crippen LogP contribution in [0.2, 0.25) is 0 Å². The largest absolute Gasteiger partial charge is 0.330 e. The van der Waals surface area contributed by atoms with E-state index in [1.807, 2.05) is 13.1 Å². The highest BCUT2D eigenvalue weighted by molar-refractivity contribution is 5.14. The molecule has 7 nitrogen and oxygen atoms in total. The molecular formula is C36H83N7. The van der Waals surface area contributed by atoms with E-state index < -0.39 is 0 Å². The fraction of sp³-hybridized carbons (Fsp3) is 0.833. The zero-order valence-corrected chi connectivity index (χ0v) is 30.2. The first kappa shape index (κ1) is 51.5. The molecule has 262 valence electrons. The van der Waals surface area contributed by atoms with Crippen LogP contribution in [0.5, 0.6) is 0 Å². The Morgan fingerprint density at radius 1 is 0.512 bits per heavy atom. The molecule has 0 unspecified atom stereocenters. The molecule has 0 aliphatic carbocycles. The van der Waals surface area contributed by atoms with E-state index in [1.165, 1.54) is 89.0 Å². The third kappa shape index (κ3) is 74.1. The van der Waals surface area contributed by atoms with Crippen LogP contribution in [0.3, 0.4) is 0 Å². The number of hydrogen-bond donors (Lipinski definition) is 7. The summed E-state index contributed by atoms with van der Waals surface area (Å²) in [4.78, 5) is 0. The van der Waals surface area contributed by atoms with Gasteiger partial charge in [-0.15, -0.1) is 0 Å². The Kier molecular flexibility index (Phi) is 67.9. The maximum absolute atomic E-state index is 5.38. The predicted molar refractivity (Wildman–Crippen MR) is 200 cm³/mol. The first-order valence-corrected chi connectivity index (χ1v) is 17.8. The first-order chi connectivity index (χ1) is 20.9. The monoisotopic (exact) mass is 614 g/mol. The molecule has 43 heavy (non-hydrogen) atoms. The summed E-state index contributed by atoms with van der Waals surface area (Å²) in [5, 5.41) is 2.99. The lowest BCUT2D eigenvalue weighted by Crippen LogP contribution is -2.12. The highest BCUT2D eigenvalue weighted by Crippen LogP contribution is 2.04. The fourth-order valence-electron chi connectivity index (χ4n) is 3.27. The van der Waals surface area contributed by atoms with Crippen molar-refractivity contribution < 1.29 is 0 Å². The summed E-state index contributed by atoms with van der Waals surface area (Å²) in [6, 6.07) is 10.4. The summed E-state index contributed by atoms with van der Waals surface area (Å²) in [6.07, 6.45) is 19.8. The quantitative estimate of drug-likeness (QED) is 0.0803. The van der Waals surface area contributed by atoms with Crippen molar-refractivity contribution in [1.29, 1.82) is 0 Å². The van der Waals surface area contributed by atoms with Gasteiger partial charge in [0.25, 0.3) is 0 Å². The van der Waals surface area contributed by atoms with Crippen LogP contribution in [-0.4, -0.2) is 52.9 Å². The van der Waals surface area contributed by atoms with Gasteiger partial charge in [0, 0.05) is 0 Å². The Bertz CT molecular complexity index is 478. The minimum Gasteiger partial charge on any atom is -0.330 e. The van der Waals surface area contributed by atoms with E-state index >= 15 is 0 Å². The highest BCUT2D eigenvalue weighted by Gasteiger charge is 1.91. The van der Waals surface area contributed by atoms with Gasteiger partial charge in [-0.05, 0) is 109 Å². The summed E-state index contributed by atoms with van der Waals surface area (Å²) >= 11 is 0. The van der Waals surface area contributed by atoms with Crippen molar-refractivity contribution in [3.63, 3.8) is 0 Å². The average Bonchev–Trinajstić information content (AvgIpc) is 3.02. The lowest BCUT2D eigenvalue weighted by molar-refractivity contribution is 0.541. The molecule has 0 aliphatic heterocycles. The molecule has 1 aromatic carbocycles. The maximum atomic E-state index is 5.38. The van der Waals surface area contributed by atoms with Gasteiger partial charge in [-0.3, -0.25) is 0 Å². The number of unbranched alkanes of at least 4 members (excludes halogenated alkanes) is 8. The normalized spacial score (nSPS) is 9.51. The van der Waals surface area contributed by atoms with Crippen molar-refractivity contribution in [2.75, 3.05) is 52.9 Å². The van der Waals surface area contributed by atoms with Gasteiger partial charge in [0.1, 0.15) is 0 Å². The van der Waals surface area contributed by atoms with Gasteiger partial charge in [0.15, 0.2) is 0 Å². The molecule has 0 radical (unpaired) electrons. The van der Waals surface area contributed by atoms with Gasteiger partial charge in [0.2, 0.25) is 0 Å². The summed E-state index contributed by atoms with van der Waals surface area (Å²) in [5.41, 5.74) is 32.9. The number of aryl methyl sites for hydroxylation is 1. The lowest BCUT2D eigenvalue weighted by Gasteiger charge is -2.00. The van der Waals surface area contributed by atoms with Gasteiger partial charge in [-0.1, -0.05) is 123 Å². The first-order valence-electron chi connectivity index (χ1n) is 17.8. The Labute approximate surface area is 271 Å². The molecule has 0 spiro atoms. The summed E-state index contributed by atoms with van der Waals surface area (Å²) in [5.74, 6) is 0.849. The molecule has 0 amide bonds. The van der Waals surface area contributed by atoms with Gasteiger partial charge < -0.3 is 39.7 Å². The second-order valence-corrected chi connectivity index (χ2v) is 11.1. The van der Waals surface area contributed by atoms with Crippen LogP contribution in [0.25, 0.3) is 0 Å². The minimum atomic E-state index is 0.787. The Balaban J connectivity index is -0.000000136. The zero-order valence-electron chi connectivity index (χ0n) is 30.2. The second-order valence-electron chi connectivity index (χ2n) is 11.1. The lowest BCUT2D eigenvalue weighted by atomic mass is 10.1. The molecule has 0 aromatic heterocycles. The van der Waals surface area contributed by atoms with Crippen LogP contribution in [0.1, 0.15) is 136 Å². The highest BCUT2D eigenvalue weighted by atomic mass is 14.8. The van der Waals surface area contributed by atoms with Crippen LogP contribution in [0.15, 0.2) is 30.3 Å². The molecule has 0 saturated carbocycles. The summed E-state index contributed by atoms with van der Waals surface area (Å²) in [6.45, 7) is 17.1. The van der Waals surface area contributed by atoms with Crippen molar-refractivity contribution in [2.24, 2.45) is 40.3 Å². The van der Waals surface area contributed by atoms with E-state index in [0.717, 1.165) is 71.0 Å². The van der Waals surface area contributed by atoms with Crippen LogP contribution < -0.4 is 39.7 Å². The molecule has 13 N–H and O–H groups in total. The zero-order chi connectivity index (χ0) is 33.7. The van der Waals surface area contributed by atoms with E-state index in [4.69, 9.17) is 34.4 Å². The Morgan fingerprint density at radius 3 is 1.23 bits per heavy atom. The van der Waals surface area contributed by atoms with E-state index in [-0.39, 0.29) is 0 Å². The van der Waals surface area contributed by atoms with Crippen molar-refractivity contribution in [3.05, 3.63) is 35.9 Å². The number of nitrogens with one attached hydrogen (secondary N) is 1. The van der Waals surface area contributed by atoms with Gasteiger partial charge in [-0.2, -0.15) is 0 Å². The van der Waals surface area contributed by atoms with E-state index in [9.17, 15) is 0 Å². The van der Waals surface area contributed by atoms with E-state index in [0.29, 0.717) is 0 Å². The molecule has 1 rings (SSSR count). The third-order valence-corrected chi connectivity index (χ3v) is 6.05. The molecule has 0 fully saturated rings. The minimum absolute atomic E-state index is 0.787.